The summed E-state index contributed by atoms with van der Waals surface area (Å²) < 4.78 is 22.0. The fraction of sp³-hybridized carbons (Fsp3) is 0.909. The molecule has 5 nitrogen and oxygen atoms in total. The molecule has 0 bridgehead atoms. The van der Waals surface area contributed by atoms with Gasteiger partial charge in [-0.2, -0.15) is 0 Å². The van der Waals surface area contributed by atoms with E-state index in [-0.39, 0.29) is 5.97 Å². The van der Waals surface area contributed by atoms with Gasteiger partial charge in [0.05, 0.1) is 0 Å². The molecule has 1 atom stereocenters. The minimum absolute atomic E-state index is 0.341. The maximum Gasteiger partial charge on any atom is 0.501 e. The molecule has 0 aromatic carbocycles. The van der Waals surface area contributed by atoms with Gasteiger partial charge in [-0.3, -0.25) is 4.79 Å². The second-order valence-electron chi connectivity index (χ2n) is 3.58. The van der Waals surface area contributed by atoms with Crippen molar-refractivity contribution in [2.45, 2.75) is 45.6 Å². The Hall–Kier alpha value is -0.0831. The summed E-state index contributed by atoms with van der Waals surface area (Å²) in [6, 6.07) is 0.587. The fourth-order valence-electron chi connectivity index (χ4n) is 1.55. The van der Waals surface area contributed by atoms with E-state index in [1.165, 1.54) is 6.92 Å². The van der Waals surface area contributed by atoms with Crippen LogP contribution in [0.4, 0.5) is 0 Å². The van der Waals surface area contributed by atoms with E-state index in [4.69, 9.17) is 18.0 Å². The lowest BCUT2D eigenvalue weighted by atomic mass is 10.5. The topological polar surface area (TPSA) is 54.0 Å². The maximum atomic E-state index is 10.8. The summed E-state index contributed by atoms with van der Waals surface area (Å²) in [5.74, 6) is -0.341. The van der Waals surface area contributed by atoms with Gasteiger partial charge >= 0.3 is 14.8 Å². The van der Waals surface area contributed by atoms with E-state index in [9.17, 15) is 4.79 Å². The molecule has 0 aromatic rings. The van der Waals surface area contributed by atoms with Gasteiger partial charge in [0.1, 0.15) is 5.44 Å². The molecule has 18 heavy (non-hydrogen) atoms. The average Bonchev–Trinajstić information content (AvgIpc) is 2.27. The molecule has 0 rings (SSSR count). The smallest absolute Gasteiger partial charge is 0.452 e. The third kappa shape index (κ3) is 7.37. The molecule has 108 valence electrons. The lowest BCUT2D eigenvalue weighted by molar-refractivity contribution is -0.142. The molecule has 0 saturated carbocycles. The van der Waals surface area contributed by atoms with E-state index < -0.39 is 14.2 Å². The Kier molecular flexibility index (Phi) is 9.75. The highest BCUT2D eigenvalue weighted by molar-refractivity contribution is 7.80. The van der Waals surface area contributed by atoms with Crippen LogP contribution in [0.15, 0.2) is 0 Å². The zero-order valence-electron chi connectivity index (χ0n) is 11.6. The number of hydrogen-bond acceptors (Lipinski definition) is 6. The van der Waals surface area contributed by atoms with Crippen LogP contribution in [0.1, 0.15) is 34.1 Å². The Morgan fingerprint density at radius 2 is 1.56 bits per heavy atom. The van der Waals surface area contributed by atoms with Crippen LogP contribution in [-0.2, 0) is 22.8 Å². The molecule has 7 heteroatoms. The largest absolute Gasteiger partial charge is 0.501 e. The highest BCUT2D eigenvalue weighted by atomic mass is 32.1. The van der Waals surface area contributed by atoms with Crippen molar-refractivity contribution in [1.82, 2.24) is 0 Å². The van der Waals surface area contributed by atoms with Crippen LogP contribution >= 0.6 is 12.6 Å². The van der Waals surface area contributed by atoms with Crippen molar-refractivity contribution in [1.29, 1.82) is 0 Å². The van der Waals surface area contributed by atoms with Gasteiger partial charge in [0.2, 0.25) is 0 Å². The first-order valence-corrected chi connectivity index (χ1v) is 8.71. The number of hydrogen-bond donors (Lipinski definition) is 1. The first-order valence-electron chi connectivity index (χ1n) is 6.26. The molecule has 0 N–H and O–H groups in total. The molecule has 0 heterocycles. The summed E-state index contributed by atoms with van der Waals surface area (Å²) in [6.07, 6.45) is 0.551. The van der Waals surface area contributed by atoms with Gasteiger partial charge in [-0.05, 0) is 27.2 Å². The van der Waals surface area contributed by atoms with Crippen molar-refractivity contribution >= 4 is 27.4 Å². The fourth-order valence-corrected chi connectivity index (χ4v) is 4.69. The van der Waals surface area contributed by atoms with Gasteiger partial charge in [-0.25, -0.2) is 0 Å². The van der Waals surface area contributed by atoms with Gasteiger partial charge < -0.3 is 18.0 Å². The summed E-state index contributed by atoms with van der Waals surface area (Å²) in [6.45, 7) is 8.70. The zero-order valence-corrected chi connectivity index (χ0v) is 13.5. The third-order valence-corrected chi connectivity index (χ3v) is 5.54. The normalized spacial score (nSPS) is 13.4. The minimum Gasteiger partial charge on any atom is -0.452 e. The number of carbonyl (C=O) groups excluding carboxylic acids is 1. The molecular formula is C11H24O5SSi. The lowest BCUT2D eigenvalue weighted by Crippen LogP contribution is -2.46. The predicted octanol–water partition coefficient (Wildman–Crippen LogP) is 2.24. The summed E-state index contributed by atoms with van der Waals surface area (Å²) >= 11 is 4.20. The molecule has 0 aliphatic heterocycles. The van der Waals surface area contributed by atoms with Crippen molar-refractivity contribution < 1.29 is 22.8 Å². The van der Waals surface area contributed by atoms with E-state index in [1.807, 2.05) is 20.8 Å². The van der Waals surface area contributed by atoms with Crippen LogP contribution in [0.25, 0.3) is 0 Å². The average molecular weight is 296 g/mol. The van der Waals surface area contributed by atoms with E-state index >= 15 is 0 Å². The predicted molar refractivity (Wildman–Crippen MR) is 74.6 cm³/mol. The molecule has 0 aliphatic carbocycles. The van der Waals surface area contributed by atoms with Crippen LogP contribution < -0.4 is 0 Å². The monoisotopic (exact) mass is 296 g/mol. The van der Waals surface area contributed by atoms with Crippen LogP contribution in [0.5, 0.6) is 0 Å². The molecule has 0 aromatic heterocycles. The van der Waals surface area contributed by atoms with E-state index in [0.29, 0.717) is 32.3 Å². The highest BCUT2D eigenvalue weighted by Gasteiger charge is 2.40. The molecule has 1 unspecified atom stereocenters. The second-order valence-corrected chi connectivity index (χ2v) is 6.89. The number of thiol groups is 1. The van der Waals surface area contributed by atoms with E-state index in [2.05, 4.69) is 12.6 Å². The van der Waals surface area contributed by atoms with Crippen molar-refractivity contribution in [3.05, 3.63) is 0 Å². The van der Waals surface area contributed by atoms with Crippen LogP contribution in [-0.4, -0.2) is 40.0 Å². The first kappa shape index (κ1) is 17.9. The molecule has 0 amide bonds. The first-order chi connectivity index (χ1) is 8.49. The van der Waals surface area contributed by atoms with Crippen molar-refractivity contribution in [2.75, 3.05) is 19.8 Å². The van der Waals surface area contributed by atoms with Crippen molar-refractivity contribution in [3.63, 3.8) is 0 Å². The van der Waals surface area contributed by atoms with Crippen molar-refractivity contribution in [2.24, 2.45) is 0 Å². The number of rotatable bonds is 10. The van der Waals surface area contributed by atoms with Crippen LogP contribution in [0.2, 0.25) is 6.04 Å². The highest BCUT2D eigenvalue weighted by Crippen LogP contribution is 2.21. The van der Waals surface area contributed by atoms with Gasteiger partial charge in [0.15, 0.2) is 0 Å². The summed E-state index contributed by atoms with van der Waals surface area (Å²) in [5, 5.41) is 0. The van der Waals surface area contributed by atoms with E-state index in [0.717, 1.165) is 0 Å². The summed E-state index contributed by atoms with van der Waals surface area (Å²) in [7, 11) is -2.65. The third-order valence-electron chi connectivity index (χ3n) is 2.09. The van der Waals surface area contributed by atoms with Crippen LogP contribution in [0.3, 0.4) is 0 Å². The second kappa shape index (κ2) is 9.80. The maximum absolute atomic E-state index is 10.8. The van der Waals surface area contributed by atoms with Gasteiger partial charge in [-0.15, -0.1) is 12.6 Å². The molecule has 0 radical (unpaired) electrons. The molecular weight excluding hydrogens is 272 g/mol. The Balaban J connectivity index is 4.40. The summed E-state index contributed by atoms with van der Waals surface area (Å²) in [5.41, 5.74) is -0.448. The van der Waals surface area contributed by atoms with Crippen molar-refractivity contribution in [3.8, 4) is 0 Å². The molecule has 0 spiro atoms. The number of carbonyl (C=O) groups is 1. The number of ether oxygens (including phenoxy) is 1. The van der Waals surface area contributed by atoms with Crippen LogP contribution in [0, 0.1) is 0 Å². The lowest BCUT2D eigenvalue weighted by Gasteiger charge is -2.29. The molecule has 0 saturated heterocycles. The SMILES string of the molecule is CCO[Si](CCC(S)OC(C)=O)(OCC)OCC. The Bertz CT molecular complexity index is 222. The standard InChI is InChI=1S/C11H24O5SSi/c1-5-13-18(14-6-2,15-7-3)9-8-11(17)16-10(4)12/h11,17H,5-9H2,1-4H3. The Morgan fingerprint density at radius 3 is 1.89 bits per heavy atom. The zero-order chi connectivity index (χ0) is 14.0. The van der Waals surface area contributed by atoms with Gasteiger partial charge in [0, 0.05) is 32.8 Å². The molecule has 0 aliphatic rings. The Morgan fingerprint density at radius 1 is 1.11 bits per heavy atom. The van der Waals surface area contributed by atoms with Gasteiger partial charge in [-0.1, -0.05) is 0 Å². The number of esters is 1. The summed E-state index contributed by atoms with van der Waals surface area (Å²) in [4.78, 5) is 10.8. The van der Waals surface area contributed by atoms with E-state index in [1.54, 1.807) is 0 Å². The quantitative estimate of drug-likeness (QED) is 0.290. The minimum atomic E-state index is -2.65. The van der Waals surface area contributed by atoms with Gasteiger partial charge in [0.25, 0.3) is 0 Å². The Labute approximate surface area is 116 Å². The molecule has 0 fully saturated rings.